The van der Waals surface area contributed by atoms with Gasteiger partial charge in [0.25, 0.3) is 0 Å². The normalized spacial score (nSPS) is 12.4. The third-order valence-electron chi connectivity index (χ3n) is 2.92. The van der Waals surface area contributed by atoms with Crippen LogP contribution in [-0.4, -0.2) is 18.6 Å². The molecule has 0 bridgehead atoms. The number of amides is 1. The monoisotopic (exact) mass is 295 g/mol. The molecule has 0 aliphatic carbocycles. The van der Waals surface area contributed by atoms with Crippen LogP contribution in [0.3, 0.4) is 0 Å². The number of nitrogens with one attached hydrogen (secondary N) is 1. The summed E-state index contributed by atoms with van der Waals surface area (Å²) in [6.07, 6.45) is 5.54. The van der Waals surface area contributed by atoms with Crippen LogP contribution in [0.25, 0.3) is 0 Å². The molecule has 1 atom stereocenters. The summed E-state index contributed by atoms with van der Waals surface area (Å²) < 4.78 is 31.4. The summed E-state index contributed by atoms with van der Waals surface area (Å²) in [5.74, 6) is 0.756. The van der Waals surface area contributed by atoms with Crippen molar-refractivity contribution in [1.82, 2.24) is 5.32 Å². The SMILES string of the molecule is C#CCC(C)(C)C(=O)NC(C)COc1ccc(F)cc1F. The molecular weight excluding hydrogens is 276 g/mol. The zero-order chi connectivity index (χ0) is 16.0. The van der Waals surface area contributed by atoms with Gasteiger partial charge in [0, 0.05) is 12.5 Å². The molecule has 3 nitrogen and oxygen atoms in total. The lowest BCUT2D eigenvalue weighted by atomic mass is 9.88. The Morgan fingerprint density at radius 3 is 2.71 bits per heavy atom. The molecule has 1 aromatic rings. The minimum atomic E-state index is -0.777. The van der Waals surface area contributed by atoms with Gasteiger partial charge < -0.3 is 10.1 Å². The molecule has 0 aliphatic rings. The quantitative estimate of drug-likeness (QED) is 0.820. The molecule has 0 heterocycles. The van der Waals surface area contributed by atoms with Gasteiger partial charge in [0.2, 0.25) is 5.91 Å². The van der Waals surface area contributed by atoms with E-state index >= 15 is 0 Å². The highest BCUT2D eigenvalue weighted by Gasteiger charge is 2.27. The molecule has 0 saturated carbocycles. The summed E-state index contributed by atoms with van der Waals surface area (Å²) in [6, 6.07) is 2.73. The second-order valence-corrected chi connectivity index (χ2v) is 5.53. The number of carbonyl (C=O) groups excluding carboxylic acids is 1. The van der Waals surface area contributed by atoms with Crippen LogP contribution in [0.4, 0.5) is 8.78 Å². The molecule has 1 aromatic carbocycles. The molecule has 0 spiro atoms. The molecule has 0 fully saturated rings. The van der Waals surface area contributed by atoms with E-state index in [4.69, 9.17) is 11.2 Å². The summed E-state index contributed by atoms with van der Waals surface area (Å²) in [5, 5.41) is 2.75. The maximum absolute atomic E-state index is 13.4. The summed E-state index contributed by atoms with van der Waals surface area (Å²) in [4.78, 5) is 12.0. The van der Waals surface area contributed by atoms with E-state index in [2.05, 4.69) is 11.2 Å². The highest BCUT2D eigenvalue weighted by Crippen LogP contribution is 2.20. The van der Waals surface area contributed by atoms with Crippen LogP contribution in [0, 0.1) is 29.4 Å². The van der Waals surface area contributed by atoms with Crippen molar-refractivity contribution in [3.63, 3.8) is 0 Å². The summed E-state index contributed by atoms with van der Waals surface area (Å²) >= 11 is 0. The topological polar surface area (TPSA) is 38.3 Å². The first kappa shape index (κ1) is 17.0. The number of benzene rings is 1. The Morgan fingerprint density at radius 2 is 2.14 bits per heavy atom. The van der Waals surface area contributed by atoms with Gasteiger partial charge in [-0.2, -0.15) is 0 Å². The summed E-state index contributed by atoms with van der Waals surface area (Å²) in [7, 11) is 0. The first-order valence-electron chi connectivity index (χ1n) is 6.58. The van der Waals surface area contributed by atoms with E-state index in [1.165, 1.54) is 6.07 Å². The molecule has 0 saturated heterocycles. The average molecular weight is 295 g/mol. The Hall–Kier alpha value is -2.09. The number of terminal acetylenes is 1. The van der Waals surface area contributed by atoms with Gasteiger partial charge >= 0.3 is 0 Å². The van der Waals surface area contributed by atoms with Gasteiger partial charge in [0.05, 0.1) is 11.5 Å². The van der Waals surface area contributed by atoms with Gasteiger partial charge in [0.15, 0.2) is 11.6 Å². The molecule has 21 heavy (non-hydrogen) atoms. The number of halogens is 2. The van der Waals surface area contributed by atoms with Gasteiger partial charge in [-0.15, -0.1) is 12.3 Å². The van der Waals surface area contributed by atoms with Crippen LogP contribution in [0.15, 0.2) is 18.2 Å². The minimum absolute atomic E-state index is 0.0552. The number of hydrogen-bond donors (Lipinski definition) is 1. The Balaban J connectivity index is 2.53. The van der Waals surface area contributed by atoms with Crippen LogP contribution in [0.5, 0.6) is 5.75 Å². The molecule has 0 aromatic heterocycles. The average Bonchev–Trinajstić information content (AvgIpc) is 2.37. The molecule has 0 aliphatic heterocycles. The zero-order valence-corrected chi connectivity index (χ0v) is 12.4. The lowest BCUT2D eigenvalue weighted by Crippen LogP contribution is -2.44. The fraction of sp³-hybridized carbons (Fsp3) is 0.438. The molecule has 114 valence electrons. The Kier molecular flexibility index (Phi) is 5.71. The third-order valence-corrected chi connectivity index (χ3v) is 2.92. The lowest BCUT2D eigenvalue weighted by Gasteiger charge is -2.24. The summed E-state index contributed by atoms with van der Waals surface area (Å²) in [6.45, 7) is 5.29. The predicted molar refractivity (Wildman–Crippen MR) is 76.7 cm³/mol. The van der Waals surface area contributed by atoms with Crippen LogP contribution < -0.4 is 10.1 Å². The van der Waals surface area contributed by atoms with Gasteiger partial charge in [0.1, 0.15) is 12.4 Å². The van der Waals surface area contributed by atoms with Crippen molar-refractivity contribution in [2.24, 2.45) is 5.41 Å². The van der Waals surface area contributed by atoms with E-state index in [-0.39, 0.29) is 24.3 Å². The van der Waals surface area contributed by atoms with Crippen LogP contribution in [0.1, 0.15) is 27.2 Å². The highest BCUT2D eigenvalue weighted by atomic mass is 19.1. The van der Waals surface area contributed by atoms with E-state index in [9.17, 15) is 13.6 Å². The standard InChI is InChI=1S/C16H19F2NO2/c1-5-8-16(3,4)15(20)19-11(2)10-21-14-7-6-12(17)9-13(14)18/h1,6-7,9,11H,8,10H2,2-4H3,(H,19,20). The molecular formula is C16H19F2NO2. The van der Waals surface area contributed by atoms with Crippen molar-refractivity contribution < 1.29 is 18.3 Å². The number of hydrogen-bond acceptors (Lipinski definition) is 2. The molecule has 1 rings (SSSR count). The molecule has 1 amide bonds. The zero-order valence-electron chi connectivity index (χ0n) is 12.4. The van der Waals surface area contributed by atoms with Gasteiger partial charge in [-0.1, -0.05) is 13.8 Å². The molecule has 1 N–H and O–H groups in total. The fourth-order valence-corrected chi connectivity index (χ4v) is 1.60. The first-order valence-corrected chi connectivity index (χ1v) is 6.58. The van der Waals surface area contributed by atoms with Crippen LogP contribution >= 0.6 is 0 Å². The Bertz CT molecular complexity index is 550. The van der Waals surface area contributed by atoms with Gasteiger partial charge in [-0.3, -0.25) is 4.79 Å². The first-order chi connectivity index (χ1) is 9.76. The number of rotatable bonds is 6. The van der Waals surface area contributed by atoms with E-state index in [1.54, 1.807) is 20.8 Å². The highest BCUT2D eigenvalue weighted by molar-refractivity contribution is 5.82. The number of carbonyl (C=O) groups is 1. The van der Waals surface area contributed by atoms with E-state index in [1.807, 2.05) is 0 Å². The maximum atomic E-state index is 13.4. The maximum Gasteiger partial charge on any atom is 0.226 e. The molecule has 1 unspecified atom stereocenters. The fourth-order valence-electron chi connectivity index (χ4n) is 1.60. The smallest absolute Gasteiger partial charge is 0.226 e. The Morgan fingerprint density at radius 1 is 1.48 bits per heavy atom. The summed E-state index contributed by atoms with van der Waals surface area (Å²) in [5.41, 5.74) is -0.676. The Labute approximate surface area is 123 Å². The number of ether oxygens (including phenoxy) is 1. The second-order valence-electron chi connectivity index (χ2n) is 5.53. The minimum Gasteiger partial charge on any atom is -0.488 e. The van der Waals surface area contributed by atoms with Crippen LogP contribution in [0.2, 0.25) is 0 Å². The van der Waals surface area contributed by atoms with Crippen molar-refractivity contribution in [2.45, 2.75) is 33.2 Å². The van der Waals surface area contributed by atoms with Crippen molar-refractivity contribution in [1.29, 1.82) is 0 Å². The van der Waals surface area contributed by atoms with Crippen molar-refractivity contribution in [3.8, 4) is 18.1 Å². The molecule has 0 radical (unpaired) electrons. The van der Waals surface area contributed by atoms with Gasteiger partial charge in [-0.25, -0.2) is 8.78 Å². The van der Waals surface area contributed by atoms with Crippen molar-refractivity contribution >= 4 is 5.91 Å². The van der Waals surface area contributed by atoms with Gasteiger partial charge in [-0.05, 0) is 19.1 Å². The van der Waals surface area contributed by atoms with Crippen LogP contribution in [-0.2, 0) is 4.79 Å². The largest absolute Gasteiger partial charge is 0.488 e. The third kappa shape index (κ3) is 5.07. The second kappa shape index (κ2) is 7.07. The molecule has 5 heteroatoms. The van der Waals surface area contributed by atoms with Crippen molar-refractivity contribution in [2.75, 3.05) is 6.61 Å². The van der Waals surface area contributed by atoms with E-state index in [0.29, 0.717) is 6.42 Å². The predicted octanol–water partition coefficient (Wildman–Crippen LogP) is 2.90. The van der Waals surface area contributed by atoms with Crippen molar-refractivity contribution in [3.05, 3.63) is 29.8 Å². The lowest BCUT2D eigenvalue weighted by molar-refractivity contribution is -0.129. The van der Waals surface area contributed by atoms with E-state index < -0.39 is 17.0 Å². The van der Waals surface area contributed by atoms with E-state index in [0.717, 1.165) is 12.1 Å².